The second-order valence-electron chi connectivity index (χ2n) is 15.2. The third-order valence-corrected chi connectivity index (χ3v) is 13.9. The summed E-state index contributed by atoms with van der Waals surface area (Å²) in [5.41, 5.74) is 22.0. The molecule has 2 aromatic rings. The predicted molar refractivity (Wildman–Crippen MR) is 188 cm³/mol. The van der Waals surface area contributed by atoms with Crippen LogP contribution in [-0.4, -0.2) is 38.0 Å². The molecule has 6 nitrogen and oxygen atoms in total. The van der Waals surface area contributed by atoms with Crippen LogP contribution < -0.4 is 11.5 Å². The Morgan fingerprint density at radius 3 is 1.61 bits per heavy atom. The Morgan fingerprint density at radius 2 is 1.13 bits per heavy atom. The number of hydrogen-bond donors (Lipinski definition) is 2. The van der Waals surface area contributed by atoms with Crippen molar-refractivity contribution in [1.29, 1.82) is 0 Å². The molecule has 2 aliphatic heterocycles. The standard InChI is InChI=1S/C20H29NO2.C19H26BrNO2/c1-3-19-7-8-20(22-9-10-23-20)13-16(19)6-4-5-15-12-18(21)14(2)11-17(15)19;1-2-18-6-7-19(22-8-9-23-19)12-14(18)5-3-4-13-10-17(21)16(20)11-15(13)18/h11-12,16H,3-10,13,21H2,1-2H3;10-11,14H,2-9,12,21H2,1H3/t16-,19+;14-,18+/m00/s1. The molecule has 0 amide bonds. The number of nitrogen functional groups attached to an aromatic ring is 2. The molecule has 46 heavy (non-hydrogen) atoms. The van der Waals surface area contributed by atoms with Crippen LogP contribution in [0, 0.1) is 18.8 Å². The summed E-state index contributed by atoms with van der Waals surface area (Å²) in [6, 6.07) is 9.14. The predicted octanol–water partition coefficient (Wildman–Crippen LogP) is 8.66. The average molecular weight is 696 g/mol. The lowest BCUT2D eigenvalue weighted by atomic mass is 9.58. The Morgan fingerprint density at radius 1 is 0.674 bits per heavy atom. The maximum absolute atomic E-state index is 6.20. The molecule has 4 N–H and O–H groups in total. The van der Waals surface area contributed by atoms with Gasteiger partial charge in [-0.3, -0.25) is 0 Å². The number of hydrogen-bond acceptors (Lipinski definition) is 6. The summed E-state index contributed by atoms with van der Waals surface area (Å²) in [6.45, 7) is 9.89. The van der Waals surface area contributed by atoms with Crippen LogP contribution in [0.2, 0.25) is 0 Å². The van der Waals surface area contributed by atoms with E-state index in [1.54, 1.807) is 5.56 Å². The number of fused-ring (bicyclic) bond motifs is 6. The van der Waals surface area contributed by atoms with Crippen LogP contribution in [0.15, 0.2) is 28.7 Å². The number of halogens is 1. The molecule has 2 heterocycles. The highest BCUT2D eigenvalue weighted by molar-refractivity contribution is 9.10. The Hall–Kier alpha value is -1.64. The van der Waals surface area contributed by atoms with E-state index >= 15 is 0 Å². The molecule has 2 aromatic carbocycles. The Balaban J connectivity index is 0.000000147. The summed E-state index contributed by atoms with van der Waals surface area (Å²) in [5, 5.41) is 0. The van der Waals surface area contributed by atoms with Gasteiger partial charge in [0.1, 0.15) is 0 Å². The van der Waals surface area contributed by atoms with Gasteiger partial charge in [-0.25, -0.2) is 0 Å². The highest BCUT2D eigenvalue weighted by Gasteiger charge is 2.54. The second kappa shape index (κ2) is 12.7. The van der Waals surface area contributed by atoms with E-state index in [1.165, 1.54) is 67.2 Å². The van der Waals surface area contributed by atoms with Gasteiger partial charge in [-0.05, 0) is 156 Å². The van der Waals surface area contributed by atoms with Crippen molar-refractivity contribution in [3.05, 3.63) is 56.6 Å². The zero-order chi connectivity index (χ0) is 32.2. The first-order chi connectivity index (χ1) is 22.2. The van der Waals surface area contributed by atoms with Crippen molar-refractivity contribution in [3.8, 4) is 0 Å². The average Bonchev–Trinajstić information content (AvgIpc) is 3.64. The molecule has 2 spiro atoms. The van der Waals surface area contributed by atoms with Crippen LogP contribution in [0.25, 0.3) is 0 Å². The molecule has 0 unspecified atom stereocenters. The summed E-state index contributed by atoms with van der Waals surface area (Å²) in [5.74, 6) is 0.718. The normalized spacial score (nSPS) is 32.3. The number of anilines is 2. The van der Waals surface area contributed by atoms with Crippen molar-refractivity contribution in [2.24, 2.45) is 11.8 Å². The van der Waals surface area contributed by atoms with Crippen molar-refractivity contribution in [2.75, 3.05) is 37.9 Å². The highest BCUT2D eigenvalue weighted by Crippen LogP contribution is 2.57. The van der Waals surface area contributed by atoms with Crippen LogP contribution in [0.1, 0.15) is 119 Å². The lowest BCUT2D eigenvalue weighted by Gasteiger charge is -2.49. The van der Waals surface area contributed by atoms with E-state index in [-0.39, 0.29) is 22.4 Å². The number of aryl methyl sites for hydroxylation is 3. The molecule has 4 aliphatic carbocycles. The summed E-state index contributed by atoms with van der Waals surface area (Å²) < 4.78 is 25.2. The van der Waals surface area contributed by atoms with Crippen LogP contribution in [-0.2, 0) is 42.6 Å². The monoisotopic (exact) mass is 694 g/mol. The van der Waals surface area contributed by atoms with Gasteiger partial charge in [-0.15, -0.1) is 0 Å². The first-order valence-corrected chi connectivity index (χ1v) is 19.0. The van der Waals surface area contributed by atoms with Crippen molar-refractivity contribution in [1.82, 2.24) is 0 Å². The second-order valence-corrected chi connectivity index (χ2v) is 16.1. The molecular formula is C39H55BrN2O4. The van der Waals surface area contributed by atoms with Crippen LogP contribution >= 0.6 is 15.9 Å². The number of nitrogens with two attached hydrogens (primary N) is 2. The minimum Gasteiger partial charge on any atom is -0.399 e. The van der Waals surface area contributed by atoms with E-state index in [0.717, 1.165) is 87.2 Å². The van der Waals surface area contributed by atoms with Crippen LogP contribution in [0.5, 0.6) is 0 Å². The van der Waals surface area contributed by atoms with Gasteiger partial charge < -0.3 is 30.4 Å². The third-order valence-electron chi connectivity index (χ3n) is 13.3. The molecular weight excluding hydrogens is 640 g/mol. The lowest BCUT2D eigenvalue weighted by Crippen LogP contribution is -2.48. The van der Waals surface area contributed by atoms with Crippen LogP contribution in [0.4, 0.5) is 11.4 Å². The maximum Gasteiger partial charge on any atom is 0.168 e. The fourth-order valence-electron chi connectivity index (χ4n) is 10.7. The highest BCUT2D eigenvalue weighted by atomic mass is 79.9. The fourth-order valence-corrected chi connectivity index (χ4v) is 11.0. The molecule has 0 bridgehead atoms. The summed E-state index contributed by atoms with van der Waals surface area (Å²) in [6.07, 6.45) is 16.2. The molecule has 8 rings (SSSR count). The molecule has 4 fully saturated rings. The van der Waals surface area contributed by atoms with E-state index in [4.69, 9.17) is 30.4 Å². The topological polar surface area (TPSA) is 89.0 Å². The summed E-state index contributed by atoms with van der Waals surface area (Å²) in [7, 11) is 0. The van der Waals surface area contributed by atoms with Crippen molar-refractivity contribution < 1.29 is 18.9 Å². The number of benzene rings is 2. The fraction of sp³-hybridized carbons (Fsp3) is 0.692. The maximum atomic E-state index is 6.20. The summed E-state index contributed by atoms with van der Waals surface area (Å²) >= 11 is 3.66. The van der Waals surface area contributed by atoms with Gasteiger partial charge in [-0.1, -0.05) is 19.9 Å². The quantitative estimate of drug-likeness (QED) is 0.306. The molecule has 0 radical (unpaired) electrons. The number of ether oxygens (including phenoxy) is 4. The van der Waals surface area contributed by atoms with Gasteiger partial charge in [0.15, 0.2) is 11.6 Å². The van der Waals surface area contributed by atoms with E-state index in [0.29, 0.717) is 11.8 Å². The molecule has 6 aliphatic rings. The zero-order valence-corrected chi connectivity index (χ0v) is 29.9. The van der Waals surface area contributed by atoms with Gasteiger partial charge in [0.25, 0.3) is 0 Å². The summed E-state index contributed by atoms with van der Waals surface area (Å²) in [4.78, 5) is 0. The van der Waals surface area contributed by atoms with Gasteiger partial charge >= 0.3 is 0 Å². The minimum absolute atomic E-state index is 0.253. The van der Waals surface area contributed by atoms with Gasteiger partial charge in [0.05, 0.1) is 26.4 Å². The van der Waals surface area contributed by atoms with Crippen molar-refractivity contribution >= 4 is 27.3 Å². The van der Waals surface area contributed by atoms with Crippen molar-refractivity contribution in [2.45, 2.75) is 133 Å². The van der Waals surface area contributed by atoms with Gasteiger partial charge in [-0.2, -0.15) is 0 Å². The zero-order valence-electron chi connectivity index (χ0n) is 28.4. The van der Waals surface area contributed by atoms with E-state index in [2.05, 4.69) is 61.0 Å². The molecule has 4 atom stereocenters. The van der Waals surface area contributed by atoms with Gasteiger partial charge in [0.2, 0.25) is 0 Å². The SMILES string of the molecule is CC[C@@]12CCC3(C[C@@H]1CCCc1cc(N)c(Br)cc12)OCCO3.CC[C@@]12CCC3(C[C@@H]1CCCc1cc(N)c(C)cc12)OCCO3. The van der Waals surface area contributed by atoms with Crippen LogP contribution in [0.3, 0.4) is 0 Å². The minimum atomic E-state index is -0.293. The Labute approximate surface area is 284 Å². The molecule has 252 valence electrons. The Kier molecular flexibility index (Phi) is 9.06. The van der Waals surface area contributed by atoms with E-state index < -0.39 is 0 Å². The van der Waals surface area contributed by atoms with Gasteiger partial charge in [0, 0.05) is 41.5 Å². The largest absolute Gasteiger partial charge is 0.399 e. The van der Waals surface area contributed by atoms with E-state index in [1.807, 2.05) is 0 Å². The molecule has 2 saturated carbocycles. The first kappa shape index (κ1) is 32.9. The lowest BCUT2D eigenvalue weighted by molar-refractivity contribution is -0.199. The molecule has 0 aromatic heterocycles. The first-order valence-electron chi connectivity index (χ1n) is 18.2. The molecule has 2 saturated heterocycles. The third kappa shape index (κ3) is 5.54. The smallest absolute Gasteiger partial charge is 0.168 e. The van der Waals surface area contributed by atoms with Crippen molar-refractivity contribution in [3.63, 3.8) is 0 Å². The van der Waals surface area contributed by atoms with E-state index in [9.17, 15) is 0 Å². The molecule has 7 heteroatoms. The number of rotatable bonds is 2. The Bertz CT molecular complexity index is 1330.